The largest absolute Gasteiger partial charge is 0.481 e. The van der Waals surface area contributed by atoms with Crippen molar-refractivity contribution in [2.24, 2.45) is 5.10 Å². The van der Waals surface area contributed by atoms with Crippen LogP contribution in [0.25, 0.3) is 0 Å². The normalized spacial score (nSPS) is 14.9. The highest BCUT2D eigenvalue weighted by Crippen LogP contribution is 2.15. The molecule has 0 atom stereocenters. The van der Waals surface area contributed by atoms with Gasteiger partial charge in [-0.15, -0.1) is 0 Å². The van der Waals surface area contributed by atoms with E-state index in [0.717, 1.165) is 31.4 Å². The molecule has 19 heavy (non-hydrogen) atoms. The van der Waals surface area contributed by atoms with Crippen LogP contribution in [0.15, 0.2) is 29.4 Å². The van der Waals surface area contributed by atoms with Crippen LogP contribution >= 0.6 is 0 Å². The Balaban J connectivity index is 1.77. The lowest BCUT2D eigenvalue weighted by Gasteiger charge is -2.12. The summed E-state index contributed by atoms with van der Waals surface area (Å²) in [6.45, 7) is -0.238. The van der Waals surface area contributed by atoms with E-state index in [-0.39, 0.29) is 18.3 Å². The van der Waals surface area contributed by atoms with Crippen LogP contribution in [0.4, 0.5) is 4.39 Å². The van der Waals surface area contributed by atoms with E-state index in [1.54, 1.807) is 12.1 Å². The van der Waals surface area contributed by atoms with Crippen LogP contribution in [0.5, 0.6) is 5.75 Å². The highest BCUT2D eigenvalue weighted by Gasteiger charge is 2.08. The number of carbonyl (C=O) groups is 1. The van der Waals surface area contributed by atoms with Crippen molar-refractivity contribution in [2.75, 3.05) is 6.61 Å². The summed E-state index contributed by atoms with van der Waals surface area (Å²) in [6.07, 6.45) is 5.35. The number of hydrazone groups is 1. The first-order valence-corrected chi connectivity index (χ1v) is 6.47. The molecular weight excluding hydrogens is 247 g/mol. The topological polar surface area (TPSA) is 50.7 Å². The lowest BCUT2D eigenvalue weighted by molar-refractivity contribution is -0.123. The molecule has 4 nitrogen and oxygen atoms in total. The Morgan fingerprint density at radius 1 is 1.26 bits per heavy atom. The number of hydrogen-bond donors (Lipinski definition) is 1. The minimum atomic E-state index is -0.478. The van der Waals surface area contributed by atoms with Crippen molar-refractivity contribution in [3.05, 3.63) is 30.1 Å². The summed E-state index contributed by atoms with van der Waals surface area (Å²) in [4.78, 5) is 11.5. The van der Waals surface area contributed by atoms with E-state index < -0.39 is 5.82 Å². The fourth-order valence-corrected chi connectivity index (χ4v) is 1.95. The maximum absolute atomic E-state index is 13.2. The lowest BCUT2D eigenvalue weighted by Crippen LogP contribution is -2.26. The summed E-state index contributed by atoms with van der Waals surface area (Å²) in [7, 11) is 0. The van der Waals surface area contributed by atoms with Gasteiger partial charge in [0, 0.05) is 5.71 Å². The van der Waals surface area contributed by atoms with Crippen molar-refractivity contribution < 1.29 is 13.9 Å². The minimum absolute atomic E-state index is 0.0722. The number of halogens is 1. The number of rotatable bonds is 4. The average Bonchev–Trinajstić information content (AvgIpc) is 2.45. The summed E-state index contributed by atoms with van der Waals surface area (Å²) in [5.41, 5.74) is 3.46. The third-order valence-electron chi connectivity index (χ3n) is 2.96. The van der Waals surface area contributed by atoms with Gasteiger partial charge >= 0.3 is 0 Å². The van der Waals surface area contributed by atoms with Crippen LogP contribution in [-0.2, 0) is 4.79 Å². The Morgan fingerprint density at radius 2 is 2.00 bits per heavy atom. The fraction of sp³-hybridized carbons (Fsp3) is 0.429. The van der Waals surface area contributed by atoms with Gasteiger partial charge in [-0.05, 0) is 37.8 Å². The molecule has 1 fully saturated rings. The Hall–Kier alpha value is -1.91. The lowest BCUT2D eigenvalue weighted by atomic mass is 9.99. The van der Waals surface area contributed by atoms with Gasteiger partial charge < -0.3 is 4.74 Å². The third-order valence-corrected chi connectivity index (χ3v) is 2.96. The quantitative estimate of drug-likeness (QED) is 0.850. The number of hydrogen-bond acceptors (Lipinski definition) is 3. The van der Waals surface area contributed by atoms with E-state index in [4.69, 9.17) is 4.74 Å². The second-order valence-corrected chi connectivity index (χ2v) is 4.49. The number of para-hydroxylation sites is 1. The smallest absolute Gasteiger partial charge is 0.277 e. The summed E-state index contributed by atoms with van der Waals surface area (Å²) < 4.78 is 18.3. The molecule has 1 aliphatic carbocycles. The molecule has 1 aromatic rings. The van der Waals surface area contributed by atoms with Crippen LogP contribution in [0.1, 0.15) is 32.1 Å². The van der Waals surface area contributed by atoms with Crippen LogP contribution < -0.4 is 10.2 Å². The van der Waals surface area contributed by atoms with Crippen molar-refractivity contribution >= 4 is 11.6 Å². The molecule has 102 valence electrons. The predicted octanol–water partition coefficient (Wildman–Crippen LogP) is 2.64. The van der Waals surface area contributed by atoms with E-state index in [0.29, 0.717) is 0 Å². The number of nitrogens with one attached hydrogen (secondary N) is 1. The van der Waals surface area contributed by atoms with Crippen LogP contribution in [0.3, 0.4) is 0 Å². The first-order valence-electron chi connectivity index (χ1n) is 6.47. The standard InChI is InChI=1S/C14H17FN2O2/c15-12-8-4-5-9-13(12)19-10-14(18)17-16-11-6-2-1-3-7-11/h4-5,8-9H,1-3,6-7,10H2,(H,17,18). The number of nitrogens with zero attached hydrogens (tertiary/aromatic N) is 1. The van der Waals surface area contributed by atoms with Gasteiger partial charge in [-0.1, -0.05) is 18.6 Å². The van der Waals surface area contributed by atoms with Crippen LogP contribution in [0, 0.1) is 5.82 Å². The second-order valence-electron chi connectivity index (χ2n) is 4.49. The Bertz CT molecular complexity index is 466. The molecule has 0 bridgehead atoms. The number of amides is 1. The average molecular weight is 264 g/mol. The van der Waals surface area contributed by atoms with Gasteiger partial charge in [0.15, 0.2) is 18.2 Å². The molecule has 0 radical (unpaired) electrons. The van der Waals surface area contributed by atoms with Gasteiger partial charge in [-0.3, -0.25) is 4.79 Å². The van der Waals surface area contributed by atoms with Crippen molar-refractivity contribution in [3.63, 3.8) is 0 Å². The molecule has 1 amide bonds. The number of benzene rings is 1. The molecule has 1 aromatic carbocycles. The number of carbonyl (C=O) groups excluding carboxylic acids is 1. The maximum atomic E-state index is 13.2. The van der Waals surface area contributed by atoms with Gasteiger partial charge in [0.1, 0.15) is 0 Å². The highest BCUT2D eigenvalue weighted by atomic mass is 19.1. The van der Waals surface area contributed by atoms with Crippen molar-refractivity contribution in [2.45, 2.75) is 32.1 Å². The summed E-state index contributed by atoms with van der Waals surface area (Å²) in [5.74, 6) is -0.779. The zero-order valence-corrected chi connectivity index (χ0v) is 10.7. The molecule has 2 rings (SSSR count). The zero-order chi connectivity index (χ0) is 13.5. The van der Waals surface area contributed by atoms with E-state index in [9.17, 15) is 9.18 Å². The van der Waals surface area contributed by atoms with Gasteiger partial charge in [-0.25, -0.2) is 9.82 Å². The number of ether oxygens (including phenoxy) is 1. The van der Waals surface area contributed by atoms with Gasteiger partial charge in [0.25, 0.3) is 5.91 Å². The predicted molar refractivity (Wildman–Crippen MR) is 70.6 cm³/mol. The van der Waals surface area contributed by atoms with Crippen LogP contribution in [-0.4, -0.2) is 18.2 Å². The first kappa shape index (κ1) is 13.5. The SMILES string of the molecule is O=C(COc1ccccc1F)NN=C1CCCCC1. The molecule has 1 aliphatic rings. The van der Waals surface area contributed by atoms with Gasteiger partial charge in [0.2, 0.25) is 0 Å². The monoisotopic (exact) mass is 264 g/mol. The van der Waals surface area contributed by atoms with Gasteiger partial charge in [0.05, 0.1) is 0 Å². The molecule has 0 aliphatic heterocycles. The van der Waals surface area contributed by atoms with E-state index in [1.807, 2.05) is 0 Å². The summed E-state index contributed by atoms with van der Waals surface area (Å²) >= 11 is 0. The summed E-state index contributed by atoms with van der Waals surface area (Å²) in [6, 6.07) is 5.99. The minimum Gasteiger partial charge on any atom is -0.481 e. The highest BCUT2D eigenvalue weighted by molar-refractivity contribution is 5.87. The van der Waals surface area contributed by atoms with Gasteiger partial charge in [-0.2, -0.15) is 5.10 Å². The molecule has 0 heterocycles. The molecule has 0 spiro atoms. The molecule has 0 saturated heterocycles. The Labute approximate surface area is 111 Å². The van der Waals surface area contributed by atoms with Crippen LogP contribution in [0.2, 0.25) is 0 Å². The second kappa shape index (κ2) is 6.87. The molecular formula is C14H17FN2O2. The van der Waals surface area contributed by atoms with E-state index in [2.05, 4.69) is 10.5 Å². The van der Waals surface area contributed by atoms with Crippen molar-refractivity contribution in [1.29, 1.82) is 0 Å². The first-order chi connectivity index (χ1) is 9.25. The van der Waals surface area contributed by atoms with Crippen molar-refractivity contribution in [1.82, 2.24) is 5.43 Å². The van der Waals surface area contributed by atoms with Crippen molar-refractivity contribution in [3.8, 4) is 5.75 Å². The molecule has 1 saturated carbocycles. The summed E-state index contributed by atoms with van der Waals surface area (Å²) in [5, 5.41) is 4.06. The van der Waals surface area contributed by atoms with E-state index in [1.165, 1.54) is 18.6 Å². The molecule has 5 heteroatoms. The maximum Gasteiger partial charge on any atom is 0.277 e. The molecule has 1 N–H and O–H groups in total. The Kier molecular flexibility index (Phi) is 4.89. The third kappa shape index (κ3) is 4.35. The fourth-order valence-electron chi connectivity index (χ4n) is 1.95. The Morgan fingerprint density at radius 3 is 2.74 bits per heavy atom. The molecule has 0 aromatic heterocycles. The molecule has 0 unspecified atom stereocenters. The zero-order valence-electron chi connectivity index (χ0n) is 10.7. The van der Waals surface area contributed by atoms with E-state index >= 15 is 0 Å².